The molecule has 5 rings (SSSR count). The first kappa shape index (κ1) is 23.7. The molecule has 9 heteroatoms. The molecule has 35 heavy (non-hydrogen) atoms. The van der Waals surface area contributed by atoms with E-state index in [0.717, 1.165) is 43.0 Å². The van der Waals surface area contributed by atoms with Crippen LogP contribution < -0.4 is 15.4 Å². The van der Waals surface area contributed by atoms with E-state index in [-0.39, 0.29) is 48.8 Å². The SMILES string of the molecule is O=C(C[C@@H]1C[C@@H]2c3cc(NC(=O)C4CCC4)ccc3O[C@@H]2[C@H](CO)O1)NCc1cc(F)ccc1F. The molecule has 0 bridgehead atoms. The highest BCUT2D eigenvalue weighted by atomic mass is 19.1. The van der Waals surface area contributed by atoms with Gasteiger partial charge in [0, 0.05) is 35.2 Å². The summed E-state index contributed by atoms with van der Waals surface area (Å²) in [6.07, 6.45) is 1.88. The lowest BCUT2D eigenvalue weighted by atomic mass is 9.83. The van der Waals surface area contributed by atoms with Gasteiger partial charge in [-0.15, -0.1) is 0 Å². The molecule has 7 nitrogen and oxygen atoms in total. The molecular weight excluding hydrogens is 458 g/mol. The van der Waals surface area contributed by atoms with E-state index in [1.807, 2.05) is 12.1 Å². The maximum absolute atomic E-state index is 13.8. The fourth-order valence-electron chi connectivity index (χ4n) is 5.03. The van der Waals surface area contributed by atoms with Gasteiger partial charge in [0.05, 0.1) is 19.1 Å². The monoisotopic (exact) mass is 486 g/mol. The molecular formula is C26H28F2N2O5. The zero-order valence-electron chi connectivity index (χ0n) is 19.1. The van der Waals surface area contributed by atoms with Crippen LogP contribution in [0.15, 0.2) is 36.4 Å². The molecule has 2 heterocycles. The molecule has 4 atom stereocenters. The van der Waals surface area contributed by atoms with Crippen LogP contribution in [-0.2, 0) is 20.9 Å². The standard InChI is InChI=1S/C26H28F2N2O5/c27-16-4-6-21(28)15(8-16)12-29-24(32)11-18-10-20-19-9-17(30-26(33)14-2-1-3-14)5-7-22(19)35-25(20)23(13-31)34-18/h4-9,14,18,20,23,25,31H,1-3,10-13H2,(H,29,32)(H,30,33)/t18-,20+,23-,25-/m0/s1. The van der Waals surface area contributed by atoms with Gasteiger partial charge in [-0.25, -0.2) is 8.78 Å². The summed E-state index contributed by atoms with van der Waals surface area (Å²) in [5.41, 5.74) is 1.67. The number of ether oxygens (including phenoxy) is 2. The molecule has 0 radical (unpaired) electrons. The second-order valence-corrected chi connectivity index (χ2v) is 9.49. The summed E-state index contributed by atoms with van der Waals surface area (Å²) >= 11 is 0. The van der Waals surface area contributed by atoms with Gasteiger partial charge in [0.15, 0.2) is 0 Å². The molecule has 0 aromatic heterocycles. The van der Waals surface area contributed by atoms with Crippen molar-refractivity contribution in [3.63, 3.8) is 0 Å². The Kier molecular flexibility index (Phi) is 6.71. The highest BCUT2D eigenvalue weighted by Crippen LogP contribution is 2.47. The van der Waals surface area contributed by atoms with Crippen LogP contribution in [0.1, 0.15) is 49.1 Å². The van der Waals surface area contributed by atoms with Gasteiger partial charge >= 0.3 is 0 Å². The number of rotatable bonds is 7. The van der Waals surface area contributed by atoms with Crippen molar-refractivity contribution in [3.8, 4) is 5.75 Å². The first-order valence-corrected chi connectivity index (χ1v) is 12.0. The quantitative estimate of drug-likeness (QED) is 0.558. The second kappa shape index (κ2) is 9.91. The van der Waals surface area contributed by atoms with E-state index in [1.54, 1.807) is 6.07 Å². The normalized spacial score (nSPS) is 25.1. The summed E-state index contributed by atoms with van der Waals surface area (Å²) in [6, 6.07) is 8.61. The molecule has 0 unspecified atom stereocenters. The molecule has 2 aromatic rings. The first-order valence-electron chi connectivity index (χ1n) is 12.0. The van der Waals surface area contributed by atoms with Crippen LogP contribution >= 0.6 is 0 Å². The van der Waals surface area contributed by atoms with Gasteiger partial charge in [0.25, 0.3) is 0 Å². The molecule has 3 N–H and O–H groups in total. The summed E-state index contributed by atoms with van der Waals surface area (Å²) in [5, 5.41) is 15.5. The van der Waals surface area contributed by atoms with Gasteiger partial charge in [0.2, 0.25) is 11.8 Å². The van der Waals surface area contributed by atoms with Gasteiger partial charge < -0.3 is 25.2 Å². The number of fused-ring (bicyclic) bond motifs is 3. The molecule has 0 spiro atoms. The van der Waals surface area contributed by atoms with Gasteiger partial charge in [-0.3, -0.25) is 9.59 Å². The zero-order chi connectivity index (χ0) is 24.5. The third kappa shape index (κ3) is 5.01. The van der Waals surface area contributed by atoms with E-state index in [4.69, 9.17) is 9.47 Å². The van der Waals surface area contributed by atoms with Crippen molar-refractivity contribution in [1.82, 2.24) is 5.32 Å². The van der Waals surface area contributed by atoms with Crippen molar-refractivity contribution in [2.24, 2.45) is 5.92 Å². The molecule has 1 saturated heterocycles. The van der Waals surface area contributed by atoms with Gasteiger partial charge in [0.1, 0.15) is 29.6 Å². The highest BCUT2D eigenvalue weighted by Gasteiger charge is 2.46. The second-order valence-electron chi connectivity index (χ2n) is 9.49. The van der Waals surface area contributed by atoms with Crippen LogP contribution in [0, 0.1) is 17.6 Å². The molecule has 186 valence electrons. The van der Waals surface area contributed by atoms with Crippen molar-refractivity contribution in [2.45, 2.75) is 62.9 Å². The maximum Gasteiger partial charge on any atom is 0.227 e. The van der Waals surface area contributed by atoms with E-state index in [2.05, 4.69) is 10.6 Å². The number of anilines is 1. The minimum Gasteiger partial charge on any atom is -0.487 e. The topological polar surface area (TPSA) is 96.9 Å². The average Bonchev–Trinajstić information content (AvgIpc) is 3.16. The number of amides is 2. The van der Waals surface area contributed by atoms with Crippen molar-refractivity contribution in [3.05, 3.63) is 59.2 Å². The van der Waals surface area contributed by atoms with E-state index in [1.165, 1.54) is 0 Å². The van der Waals surface area contributed by atoms with Crippen molar-refractivity contribution in [1.29, 1.82) is 0 Å². The molecule has 3 aliphatic rings. The smallest absolute Gasteiger partial charge is 0.227 e. The van der Waals surface area contributed by atoms with Crippen molar-refractivity contribution in [2.75, 3.05) is 11.9 Å². The van der Waals surface area contributed by atoms with Gasteiger partial charge in [-0.05, 0) is 55.7 Å². The average molecular weight is 487 g/mol. The van der Waals surface area contributed by atoms with Crippen LogP contribution in [0.25, 0.3) is 0 Å². The minimum atomic E-state index is -0.618. The molecule has 2 amide bonds. The number of carbonyl (C=O) groups excluding carboxylic acids is 2. The summed E-state index contributed by atoms with van der Waals surface area (Å²) in [4.78, 5) is 24.9. The summed E-state index contributed by atoms with van der Waals surface area (Å²) in [5.74, 6) is -0.885. The maximum atomic E-state index is 13.8. The fraction of sp³-hybridized carbons (Fsp3) is 0.462. The van der Waals surface area contributed by atoms with Crippen LogP contribution in [-0.4, -0.2) is 41.8 Å². The Labute approximate surface area is 201 Å². The van der Waals surface area contributed by atoms with Gasteiger partial charge in [-0.2, -0.15) is 0 Å². The Morgan fingerprint density at radius 2 is 1.94 bits per heavy atom. The summed E-state index contributed by atoms with van der Waals surface area (Å²) < 4.78 is 39.2. The molecule has 2 aromatic carbocycles. The first-order chi connectivity index (χ1) is 16.9. The third-order valence-corrected chi connectivity index (χ3v) is 7.14. The number of hydrogen-bond donors (Lipinski definition) is 3. The summed E-state index contributed by atoms with van der Waals surface area (Å²) in [6.45, 7) is -0.409. The largest absolute Gasteiger partial charge is 0.487 e. The lowest BCUT2D eigenvalue weighted by Crippen LogP contribution is -2.47. The highest BCUT2D eigenvalue weighted by molar-refractivity contribution is 5.93. The Balaban J connectivity index is 1.24. The minimum absolute atomic E-state index is 0.00406. The van der Waals surface area contributed by atoms with Crippen molar-refractivity contribution >= 4 is 17.5 Å². The number of hydrogen-bond acceptors (Lipinski definition) is 5. The lowest BCUT2D eigenvalue weighted by Gasteiger charge is -2.37. The zero-order valence-corrected chi connectivity index (χ0v) is 19.1. The summed E-state index contributed by atoms with van der Waals surface area (Å²) in [7, 11) is 0. The van der Waals surface area contributed by atoms with Crippen LogP contribution in [0.4, 0.5) is 14.5 Å². The van der Waals surface area contributed by atoms with Gasteiger partial charge in [-0.1, -0.05) is 6.42 Å². The number of benzene rings is 2. The van der Waals surface area contributed by atoms with Crippen LogP contribution in [0.5, 0.6) is 5.75 Å². The Morgan fingerprint density at radius 3 is 2.69 bits per heavy atom. The number of halogens is 2. The molecule has 2 fully saturated rings. The predicted octanol–water partition coefficient (Wildman–Crippen LogP) is 3.40. The molecule has 1 aliphatic carbocycles. The number of aliphatic hydroxyl groups is 1. The fourth-order valence-corrected chi connectivity index (χ4v) is 5.03. The van der Waals surface area contributed by atoms with E-state index < -0.39 is 29.9 Å². The number of aliphatic hydroxyl groups excluding tert-OH is 1. The van der Waals surface area contributed by atoms with Crippen LogP contribution in [0.3, 0.4) is 0 Å². The molecule has 2 aliphatic heterocycles. The van der Waals surface area contributed by atoms with Crippen LogP contribution in [0.2, 0.25) is 0 Å². The predicted molar refractivity (Wildman–Crippen MR) is 123 cm³/mol. The van der Waals surface area contributed by atoms with E-state index in [9.17, 15) is 23.5 Å². The Morgan fingerprint density at radius 1 is 1.11 bits per heavy atom. The molecule has 1 saturated carbocycles. The number of carbonyl (C=O) groups is 2. The van der Waals surface area contributed by atoms with E-state index >= 15 is 0 Å². The lowest BCUT2D eigenvalue weighted by molar-refractivity contribution is -0.142. The van der Waals surface area contributed by atoms with E-state index in [0.29, 0.717) is 17.9 Å². The Hall–Kier alpha value is -3.04. The third-order valence-electron chi connectivity index (χ3n) is 7.14. The van der Waals surface area contributed by atoms with Crippen molar-refractivity contribution < 1.29 is 33.0 Å². The number of nitrogens with one attached hydrogen (secondary N) is 2. The Bertz CT molecular complexity index is 1120.